The van der Waals surface area contributed by atoms with Crippen LogP contribution in [0.15, 0.2) is 24.5 Å². The topological polar surface area (TPSA) is 47.3 Å². The van der Waals surface area contributed by atoms with Crippen molar-refractivity contribution in [3.05, 3.63) is 30.1 Å². The highest BCUT2D eigenvalue weighted by Gasteiger charge is 2.07. The molecule has 0 aromatic carbocycles. The van der Waals surface area contributed by atoms with Gasteiger partial charge in [-0.1, -0.05) is 0 Å². The standard InChI is InChI=1S/C10H12N2O2/c1-14-7-12-5-8(6-13)9-3-2-4-11-10(9)12/h2-5,13H,6-7H2,1H3. The molecule has 0 aliphatic rings. The normalized spacial score (nSPS) is 11.0. The summed E-state index contributed by atoms with van der Waals surface area (Å²) in [5, 5.41) is 10.1. The Bertz CT molecular complexity index is 437. The van der Waals surface area contributed by atoms with Gasteiger partial charge in [-0.15, -0.1) is 0 Å². The molecule has 0 saturated carbocycles. The Hall–Kier alpha value is -1.39. The van der Waals surface area contributed by atoms with E-state index in [1.54, 1.807) is 13.3 Å². The van der Waals surface area contributed by atoms with Crippen LogP contribution in [-0.4, -0.2) is 21.8 Å². The number of hydrogen-bond donors (Lipinski definition) is 1. The van der Waals surface area contributed by atoms with Crippen molar-refractivity contribution in [1.29, 1.82) is 0 Å². The lowest BCUT2D eigenvalue weighted by Gasteiger charge is -2.00. The Labute approximate surface area is 81.8 Å². The fourth-order valence-corrected chi connectivity index (χ4v) is 1.56. The lowest BCUT2D eigenvalue weighted by Crippen LogP contribution is -1.98. The van der Waals surface area contributed by atoms with Crippen LogP contribution in [-0.2, 0) is 18.1 Å². The van der Waals surface area contributed by atoms with Gasteiger partial charge in [-0.25, -0.2) is 4.98 Å². The zero-order chi connectivity index (χ0) is 9.97. The number of aromatic nitrogens is 2. The van der Waals surface area contributed by atoms with E-state index in [9.17, 15) is 0 Å². The van der Waals surface area contributed by atoms with Crippen molar-refractivity contribution in [2.24, 2.45) is 0 Å². The summed E-state index contributed by atoms with van der Waals surface area (Å²) in [6, 6.07) is 3.80. The zero-order valence-corrected chi connectivity index (χ0v) is 7.97. The fourth-order valence-electron chi connectivity index (χ4n) is 1.56. The average Bonchev–Trinajstić information content (AvgIpc) is 2.58. The highest BCUT2D eigenvalue weighted by molar-refractivity contribution is 5.80. The molecule has 0 fully saturated rings. The van der Waals surface area contributed by atoms with Crippen molar-refractivity contribution >= 4 is 11.0 Å². The second-order valence-corrected chi connectivity index (χ2v) is 3.07. The maximum atomic E-state index is 9.14. The molecule has 2 aromatic heterocycles. The van der Waals surface area contributed by atoms with Gasteiger partial charge in [-0.2, -0.15) is 0 Å². The highest BCUT2D eigenvalue weighted by atomic mass is 16.5. The molecule has 1 N–H and O–H groups in total. The van der Waals surface area contributed by atoms with E-state index in [1.165, 1.54) is 0 Å². The quantitative estimate of drug-likeness (QED) is 0.793. The molecule has 2 aromatic rings. The molecule has 0 aliphatic carbocycles. The molecule has 2 heterocycles. The largest absolute Gasteiger partial charge is 0.392 e. The minimum Gasteiger partial charge on any atom is -0.392 e. The van der Waals surface area contributed by atoms with E-state index in [2.05, 4.69) is 4.98 Å². The molecule has 74 valence electrons. The monoisotopic (exact) mass is 192 g/mol. The first kappa shape index (κ1) is 9.18. The molecule has 0 spiro atoms. The van der Waals surface area contributed by atoms with Gasteiger partial charge < -0.3 is 14.4 Å². The van der Waals surface area contributed by atoms with Crippen molar-refractivity contribution < 1.29 is 9.84 Å². The Morgan fingerprint density at radius 3 is 3.14 bits per heavy atom. The summed E-state index contributed by atoms with van der Waals surface area (Å²) < 4.78 is 6.91. The molecule has 0 amide bonds. The van der Waals surface area contributed by atoms with Crippen molar-refractivity contribution in [3.8, 4) is 0 Å². The molecular weight excluding hydrogens is 180 g/mol. The van der Waals surface area contributed by atoms with Crippen LogP contribution in [0.4, 0.5) is 0 Å². The molecule has 14 heavy (non-hydrogen) atoms. The first-order valence-electron chi connectivity index (χ1n) is 4.39. The second-order valence-electron chi connectivity index (χ2n) is 3.07. The van der Waals surface area contributed by atoms with Gasteiger partial charge >= 0.3 is 0 Å². The lowest BCUT2D eigenvalue weighted by atomic mass is 10.2. The van der Waals surface area contributed by atoms with Crippen LogP contribution < -0.4 is 0 Å². The Morgan fingerprint density at radius 1 is 1.57 bits per heavy atom. The van der Waals surface area contributed by atoms with E-state index in [4.69, 9.17) is 9.84 Å². The summed E-state index contributed by atoms with van der Waals surface area (Å²) in [6.45, 7) is 0.479. The molecule has 0 aliphatic heterocycles. The van der Waals surface area contributed by atoms with E-state index in [1.807, 2.05) is 22.9 Å². The van der Waals surface area contributed by atoms with Gasteiger partial charge in [-0.05, 0) is 12.1 Å². The van der Waals surface area contributed by atoms with Crippen LogP contribution in [0.5, 0.6) is 0 Å². The van der Waals surface area contributed by atoms with Crippen molar-refractivity contribution in [3.63, 3.8) is 0 Å². The minimum atomic E-state index is 0.0267. The fraction of sp³-hybridized carbons (Fsp3) is 0.300. The Morgan fingerprint density at radius 2 is 2.43 bits per heavy atom. The van der Waals surface area contributed by atoms with Crippen LogP contribution in [0.3, 0.4) is 0 Å². The number of nitrogens with zero attached hydrogens (tertiary/aromatic N) is 2. The molecule has 0 radical (unpaired) electrons. The number of hydrogen-bond acceptors (Lipinski definition) is 3. The second kappa shape index (κ2) is 3.77. The summed E-state index contributed by atoms with van der Waals surface area (Å²) in [7, 11) is 1.63. The molecule has 2 rings (SSSR count). The number of aliphatic hydroxyl groups excluding tert-OH is 1. The van der Waals surface area contributed by atoms with Gasteiger partial charge in [-0.3, -0.25) is 0 Å². The van der Waals surface area contributed by atoms with Crippen LogP contribution >= 0.6 is 0 Å². The summed E-state index contributed by atoms with van der Waals surface area (Å²) in [4.78, 5) is 4.24. The van der Waals surface area contributed by atoms with Gasteiger partial charge in [0, 0.05) is 30.5 Å². The van der Waals surface area contributed by atoms with Crippen molar-refractivity contribution in [2.75, 3.05) is 7.11 Å². The third-order valence-electron chi connectivity index (χ3n) is 2.15. The highest BCUT2D eigenvalue weighted by Crippen LogP contribution is 2.18. The number of rotatable bonds is 3. The minimum absolute atomic E-state index is 0.0267. The number of aliphatic hydroxyl groups is 1. The van der Waals surface area contributed by atoms with Crippen LogP contribution in [0.2, 0.25) is 0 Å². The number of methoxy groups -OCH3 is 1. The summed E-state index contributed by atoms with van der Waals surface area (Å²) in [6.07, 6.45) is 3.59. The SMILES string of the molecule is COCn1cc(CO)c2cccnc21. The Kier molecular flexibility index (Phi) is 2.47. The van der Waals surface area contributed by atoms with Crippen LogP contribution in [0.25, 0.3) is 11.0 Å². The Balaban J connectivity index is 2.61. The first-order chi connectivity index (χ1) is 6.86. The molecular formula is C10H12N2O2. The molecule has 0 saturated heterocycles. The summed E-state index contributed by atoms with van der Waals surface area (Å²) in [5.74, 6) is 0. The maximum absolute atomic E-state index is 9.14. The average molecular weight is 192 g/mol. The molecule has 4 heteroatoms. The van der Waals surface area contributed by atoms with E-state index in [0.717, 1.165) is 16.6 Å². The predicted molar refractivity (Wildman–Crippen MR) is 52.7 cm³/mol. The third-order valence-corrected chi connectivity index (χ3v) is 2.15. The first-order valence-corrected chi connectivity index (χ1v) is 4.39. The molecule has 4 nitrogen and oxygen atoms in total. The van der Waals surface area contributed by atoms with Crippen LogP contribution in [0, 0.1) is 0 Å². The summed E-state index contributed by atoms with van der Waals surface area (Å²) >= 11 is 0. The number of pyridine rings is 1. The smallest absolute Gasteiger partial charge is 0.142 e. The van der Waals surface area contributed by atoms with E-state index in [0.29, 0.717) is 6.73 Å². The molecule has 0 bridgehead atoms. The van der Waals surface area contributed by atoms with Gasteiger partial charge in [0.1, 0.15) is 12.4 Å². The van der Waals surface area contributed by atoms with Crippen molar-refractivity contribution in [1.82, 2.24) is 9.55 Å². The predicted octanol–water partition coefficient (Wildman–Crippen LogP) is 1.13. The van der Waals surface area contributed by atoms with Gasteiger partial charge in [0.05, 0.1) is 6.61 Å². The van der Waals surface area contributed by atoms with E-state index in [-0.39, 0.29) is 6.61 Å². The maximum Gasteiger partial charge on any atom is 0.142 e. The molecule has 0 unspecified atom stereocenters. The lowest BCUT2D eigenvalue weighted by molar-refractivity contribution is 0.134. The zero-order valence-electron chi connectivity index (χ0n) is 7.97. The summed E-state index contributed by atoms with van der Waals surface area (Å²) in [5.41, 5.74) is 1.73. The molecule has 0 atom stereocenters. The van der Waals surface area contributed by atoms with Gasteiger partial charge in [0.2, 0.25) is 0 Å². The van der Waals surface area contributed by atoms with E-state index < -0.39 is 0 Å². The van der Waals surface area contributed by atoms with Gasteiger partial charge in [0.15, 0.2) is 0 Å². The number of fused-ring (bicyclic) bond motifs is 1. The number of ether oxygens (including phenoxy) is 1. The van der Waals surface area contributed by atoms with Gasteiger partial charge in [0.25, 0.3) is 0 Å². The van der Waals surface area contributed by atoms with E-state index >= 15 is 0 Å². The van der Waals surface area contributed by atoms with Crippen LogP contribution in [0.1, 0.15) is 5.56 Å². The van der Waals surface area contributed by atoms with Crippen molar-refractivity contribution in [2.45, 2.75) is 13.3 Å². The third kappa shape index (κ3) is 1.38.